The Balaban J connectivity index is 0.000000111. The average molecular weight is 1580 g/mol. The molecule has 0 radical (unpaired) electrons. The van der Waals surface area contributed by atoms with E-state index in [1.54, 1.807) is 0 Å². The summed E-state index contributed by atoms with van der Waals surface area (Å²) in [6, 6.07) is 143. The minimum Gasteiger partial charge on any atom is -0.309 e. The molecule has 11 heteroatoms. The highest BCUT2D eigenvalue weighted by molar-refractivity contribution is 6.20. The summed E-state index contributed by atoms with van der Waals surface area (Å²) in [6.07, 6.45) is 0. The zero-order valence-electron chi connectivity index (χ0n) is 66.6. The van der Waals surface area contributed by atoms with Gasteiger partial charge in [0.25, 0.3) is 0 Å². The Bertz CT molecular complexity index is 8670. The highest BCUT2D eigenvalue weighted by Gasteiger charge is 2.25. The Morgan fingerprint density at radius 2 is 0.492 bits per heavy atom. The monoisotopic (exact) mass is 1580 g/mol. The number of hydrogen-bond donors (Lipinski definition) is 0. The van der Waals surface area contributed by atoms with Gasteiger partial charge in [0.1, 0.15) is 0 Å². The normalized spacial score (nSPS) is 11.3. The number of nitrogens with zero attached hydrogens (tertiary/aromatic N) is 11. The van der Waals surface area contributed by atoms with Crippen molar-refractivity contribution in [1.29, 1.82) is 5.26 Å². The summed E-state index contributed by atoms with van der Waals surface area (Å²) in [6.45, 7) is 30.1. The molecule has 0 aliphatic carbocycles. The molecule has 124 heavy (non-hydrogen) atoms. The maximum Gasteiger partial charge on any atom is 0.194 e. The van der Waals surface area contributed by atoms with E-state index in [0.717, 1.165) is 127 Å². The predicted octanol–water partition coefficient (Wildman–Crippen LogP) is 30.7. The largest absolute Gasteiger partial charge is 0.309 e. The summed E-state index contributed by atoms with van der Waals surface area (Å²) in [5.41, 5.74) is 29.9. The second kappa shape index (κ2) is 30.0. The van der Waals surface area contributed by atoms with Crippen molar-refractivity contribution in [3.05, 3.63) is 458 Å². The first-order valence-corrected chi connectivity index (χ1v) is 41.0. The van der Waals surface area contributed by atoms with E-state index in [1.807, 2.05) is 97.1 Å². The van der Waals surface area contributed by atoms with Crippen molar-refractivity contribution in [2.45, 2.75) is 0 Å². The van der Waals surface area contributed by atoms with E-state index in [1.165, 1.54) is 70.8 Å². The van der Waals surface area contributed by atoms with Crippen LogP contribution in [-0.4, -0.2) is 27.4 Å². The Kier molecular flexibility index (Phi) is 17.6. The molecule has 0 unspecified atom stereocenters. The van der Waals surface area contributed by atoms with Crippen LogP contribution < -0.4 is 0 Å². The number of para-hydroxylation sites is 8. The predicted molar refractivity (Wildman–Crippen MR) is 511 cm³/mol. The summed E-state index contributed by atoms with van der Waals surface area (Å²) in [5, 5.41) is 23.3. The van der Waals surface area contributed by atoms with Crippen LogP contribution in [0.1, 0.15) is 5.56 Å². The molecule has 0 atom stereocenters. The van der Waals surface area contributed by atoms with Gasteiger partial charge in [0.05, 0.1) is 121 Å². The minimum atomic E-state index is 0.641. The molecule has 0 spiro atoms. The van der Waals surface area contributed by atoms with Crippen molar-refractivity contribution < 1.29 is 0 Å². The van der Waals surface area contributed by atoms with Crippen molar-refractivity contribution in [1.82, 2.24) is 27.4 Å². The molecule has 24 rings (SSSR count). The van der Waals surface area contributed by atoms with Crippen molar-refractivity contribution >= 4 is 154 Å². The summed E-state index contributed by atoms with van der Waals surface area (Å²) in [4.78, 5) is 14.7. The molecule has 18 aromatic carbocycles. The maximum absolute atomic E-state index is 9.14. The topological polar surface area (TPSA) is 70.8 Å². The number of aromatic nitrogens is 6. The molecule has 6 aromatic heterocycles. The highest BCUT2D eigenvalue weighted by Crippen LogP contribution is 2.46. The molecule has 11 nitrogen and oxygen atoms in total. The fourth-order valence-electron chi connectivity index (χ4n) is 18.9. The first-order chi connectivity index (χ1) is 61.3. The Labute approximate surface area is 712 Å². The third-order valence-corrected chi connectivity index (χ3v) is 24.3. The molecule has 0 aliphatic heterocycles. The second-order valence-corrected chi connectivity index (χ2v) is 30.9. The lowest BCUT2D eigenvalue weighted by molar-refractivity contribution is 1.17. The zero-order chi connectivity index (χ0) is 83.0. The summed E-state index contributed by atoms with van der Waals surface area (Å²) in [5.74, 6) is 0. The highest BCUT2D eigenvalue weighted by atomic mass is 15.0. The quantitative estimate of drug-likeness (QED) is 0.133. The van der Waals surface area contributed by atoms with Crippen molar-refractivity contribution in [3.8, 4) is 73.6 Å². The molecule has 0 amide bonds. The molecule has 0 saturated carbocycles. The van der Waals surface area contributed by atoms with Gasteiger partial charge >= 0.3 is 0 Å². The summed E-state index contributed by atoms with van der Waals surface area (Å²) in [7, 11) is 0. The van der Waals surface area contributed by atoms with Gasteiger partial charge in [0.2, 0.25) is 0 Å². The van der Waals surface area contributed by atoms with Crippen LogP contribution in [0.5, 0.6) is 0 Å². The first-order valence-electron chi connectivity index (χ1n) is 41.0. The van der Waals surface area contributed by atoms with Gasteiger partial charge in [-0.05, 0) is 202 Å². The van der Waals surface area contributed by atoms with Gasteiger partial charge in [0, 0.05) is 70.9 Å². The lowest BCUT2D eigenvalue weighted by atomic mass is 10.0. The Hall–Kier alpha value is -17.8. The van der Waals surface area contributed by atoms with Crippen molar-refractivity contribution in [2.75, 3.05) is 0 Å². The summed E-state index contributed by atoms with van der Waals surface area (Å²) < 4.78 is 14.1. The molecule has 0 fully saturated rings. The van der Waals surface area contributed by atoms with Crippen LogP contribution in [0, 0.1) is 37.6 Å². The van der Waals surface area contributed by atoms with Crippen LogP contribution in [0.4, 0.5) is 22.7 Å². The van der Waals surface area contributed by atoms with Crippen LogP contribution in [-0.2, 0) is 0 Å². The zero-order valence-corrected chi connectivity index (χ0v) is 66.6. The Morgan fingerprint density at radius 3 is 0.863 bits per heavy atom. The van der Waals surface area contributed by atoms with E-state index in [2.05, 4.69) is 362 Å². The van der Waals surface area contributed by atoms with Gasteiger partial charge in [-0.15, -0.1) is 0 Å². The average Bonchev–Trinajstić information content (AvgIpc) is 1.57. The van der Waals surface area contributed by atoms with E-state index in [-0.39, 0.29) is 0 Å². The Morgan fingerprint density at radius 1 is 0.202 bits per heavy atom. The molecule has 574 valence electrons. The third kappa shape index (κ3) is 11.8. The molecule has 0 aliphatic rings. The van der Waals surface area contributed by atoms with Crippen LogP contribution in [0.25, 0.3) is 218 Å². The molecule has 0 bridgehead atoms. The van der Waals surface area contributed by atoms with E-state index in [4.69, 9.17) is 31.6 Å². The molecule has 0 N–H and O–H groups in total. The van der Waals surface area contributed by atoms with Gasteiger partial charge in [-0.2, -0.15) is 5.26 Å². The molecule has 24 aromatic rings. The fraction of sp³-hybridized carbons (Fsp3) is 0. The van der Waals surface area contributed by atoms with Crippen LogP contribution in [0.3, 0.4) is 0 Å². The van der Waals surface area contributed by atoms with E-state index < -0.39 is 0 Å². The SMILES string of the molecule is N#Cc1ccc(-c2ccc(-n3c4ccccc4c4c(-n5c6ccccc6c6ccccc65)cccc43)cc2)cc1.[C-]#[N+]c1ccc2c(c1)c1ccccc1n2-c1cccc2c1c1ccccc1n2-c1ccc(-c2ccccc2[N+]#[C-])cc1.[C-]#[N+]c1cccc(-c2ccc(-n3c4ccccc4c4c(-n5c6ccccc6c6cc([N+]#[C-])ccc65)cccc43)cc2)c1. The number of rotatable bonds is 9. The number of hydrogen-bond acceptors (Lipinski definition) is 1. The lowest BCUT2D eigenvalue weighted by Gasteiger charge is -2.12. The van der Waals surface area contributed by atoms with Gasteiger partial charge in [-0.3, -0.25) is 0 Å². The maximum atomic E-state index is 9.14. The summed E-state index contributed by atoms with van der Waals surface area (Å²) >= 11 is 0. The van der Waals surface area contributed by atoms with Gasteiger partial charge in [-0.1, -0.05) is 249 Å². The third-order valence-electron chi connectivity index (χ3n) is 24.3. The van der Waals surface area contributed by atoms with Crippen LogP contribution in [0.2, 0.25) is 0 Å². The first kappa shape index (κ1) is 72.7. The van der Waals surface area contributed by atoms with Crippen molar-refractivity contribution in [3.63, 3.8) is 0 Å². The molecule has 6 heterocycles. The number of nitriles is 1. The standard InChI is InChI=1S/2C38H22N4.C37H23N3/c1-39-26-20-23-35-31(24-26)29-11-4-7-14-33(29)42(35)37-17-9-16-36-38(37)30-12-5-8-15-34(30)41(36)27-21-18-25(19-22-27)28-10-3-6-13-32(28)40-2;1-39-27-10-7-9-26(23-27)25-17-20-29(21-18-25)41-34-14-6-4-12-31(34)38-36(41)15-8-16-37(38)42-33-13-5-3-11-30(33)32-24-28(40-2)19-22-35(32)42;38-24-25-16-18-26(19-17-25)27-20-22-28(23-21-27)39-34-13-6-3-10-31(34)37-35(39)14-7-15-36(37)40-32-11-4-1-8-29(32)30-9-2-5-12-33(30)40/h2*3-24H;1-23H. The van der Waals surface area contributed by atoms with E-state index in [0.29, 0.717) is 28.3 Å². The van der Waals surface area contributed by atoms with E-state index >= 15 is 0 Å². The lowest BCUT2D eigenvalue weighted by Crippen LogP contribution is -1.96. The van der Waals surface area contributed by atoms with Crippen molar-refractivity contribution in [2.24, 2.45) is 0 Å². The van der Waals surface area contributed by atoms with E-state index in [9.17, 15) is 0 Å². The van der Waals surface area contributed by atoms with Crippen LogP contribution in [0.15, 0.2) is 406 Å². The number of benzene rings is 18. The fourth-order valence-corrected chi connectivity index (χ4v) is 18.9. The molecular formula is C113H67N11. The second-order valence-electron chi connectivity index (χ2n) is 30.9. The minimum absolute atomic E-state index is 0.641. The van der Waals surface area contributed by atoms with Gasteiger partial charge < -0.3 is 27.4 Å². The van der Waals surface area contributed by atoms with Gasteiger partial charge in [-0.25, -0.2) is 19.4 Å². The van der Waals surface area contributed by atoms with Gasteiger partial charge in [0.15, 0.2) is 22.7 Å². The molecular weight excluding hydrogens is 1510 g/mol. The van der Waals surface area contributed by atoms with Crippen LogP contribution >= 0.6 is 0 Å². The smallest absolute Gasteiger partial charge is 0.194 e. The molecule has 0 saturated heterocycles. The number of fused-ring (bicyclic) bond motifs is 18.